The molecule has 0 bridgehead atoms. The maximum atomic E-state index is 11.2. The highest BCUT2D eigenvalue weighted by molar-refractivity contribution is 7.16. The van der Waals surface area contributed by atoms with Crippen molar-refractivity contribution in [1.29, 1.82) is 0 Å². The van der Waals surface area contributed by atoms with Gasteiger partial charge in [-0.15, -0.1) is 22.9 Å². The average molecular weight is 516 g/mol. The van der Waals surface area contributed by atoms with Gasteiger partial charge in [-0.1, -0.05) is 42.3 Å². The second-order valence-electron chi connectivity index (χ2n) is 9.51. The monoisotopic (exact) mass is 514 g/mol. The van der Waals surface area contributed by atoms with Gasteiger partial charge in [0.25, 0.3) is 0 Å². The van der Waals surface area contributed by atoms with Gasteiger partial charge in [0.2, 0.25) is 0 Å². The minimum absolute atomic E-state index is 0.00661. The number of carbonyl (C=O) groups excluding carboxylic acids is 1. The molecule has 2 N–H and O–H groups in total. The van der Waals surface area contributed by atoms with Gasteiger partial charge in [0.15, 0.2) is 0 Å². The molecular weight excluding hydrogens is 479 g/mol. The Morgan fingerprint density at radius 3 is 2.76 bits per heavy atom. The number of carbonyl (C=O) groups is 1. The molecule has 1 aromatic heterocycles. The van der Waals surface area contributed by atoms with Gasteiger partial charge >= 0.3 is 5.97 Å². The molecule has 0 radical (unpaired) electrons. The number of thiophene rings is 1. The van der Waals surface area contributed by atoms with Crippen molar-refractivity contribution in [3.05, 3.63) is 45.7 Å². The van der Waals surface area contributed by atoms with Crippen LogP contribution in [-0.4, -0.2) is 40.9 Å². The molecule has 0 amide bonds. The zero-order valence-electron chi connectivity index (χ0n) is 19.3. The Bertz CT molecular complexity index is 817. The van der Waals surface area contributed by atoms with Gasteiger partial charge in [0, 0.05) is 28.0 Å². The molecule has 2 aliphatic rings. The number of allylic oxidation sites excluding steroid dienone is 2. The summed E-state index contributed by atoms with van der Waals surface area (Å²) in [7, 11) is 1.41. The summed E-state index contributed by atoms with van der Waals surface area (Å²) in [5, 5.41) is 21.5. The Labute approximate surface area is 211 Å². The van der Waals surface area contributed by atoms with E-state index in [0.717, 1.165) is 49.3 Å². The average Bonchev–Trinajstić information content (AvgIpc) is 3.28. The summed E-state index contributed by atoms with van der Waals surface area (Å²) in [4.78, 5) is 12.4. The fraction of sp³-hybridized carbons (Fsp3) is 0.654. The van der Waals surface area contributed by atoms with Crippen LogP contribution in [0.4, 0.5) is 0 Å². The molecule has 184 valence electrons. The third kappa shape index (κ3) is 7.32. The highest BCUT2D eigenvalue weighted by Crippen LogP contribution is 2.49. The predicted molar refractivity (Wildman–Crippen MR) is 136 cm³/mol. The van der Waals surface area contributed by atoms with Crippen molar-refractivity contribution in [3.8, 4) is 0 Å². The fourth-order valence-corrected chi connectivity index (χ4v) is 6.87. The Hall–Kier alpha value is -0.850. The van der Waals surface area contributed by atoms with E-state index >= 15 is 0 Å². The van der Waals surface area contributed by atoms with E-state index in [-0.39, 0.29) is 28.6 Å². The highest BCUT2D eigenvalue weighted by Gasteiger charge is 2.43. The molecule has 4 nitrogen and oxygen atoms in total. The van der Waals surface area contributed by atoms with Crippen LogP contribution >= 0.6 is 34.5 Å². The Kier molecular flexibility index (Phi) is 10.3. The van der Waals surface area contributed by atoms with Crippen LogP contribution in [0.25, 0.3) is 0 Å². The summed E-state index contributed by atoms with van der Waals surface area (Å²) in [5.74, 6) is -0.0240. The van der Waals surface area contributed by atoms with E-state index in [4.69, 9.17) is 23.2 Å². The minimum atomic E-state index is -0.454. The van der Waals surface area contributed by atoms with E-state index in [1.165, 1.54) is 12.0 Å². The van der Waals surface area contributed by atoms with Gasteiger partial charge in [-0.2, -0.15) is 0 Å². The number of methoxy groups -OCH3 is 1. The number of hydrogen-bond donors (Lipinski definition) is 2. The van der Waals surface area contributed by atoms with E-state index < -0.39 is 12.2 Å². The predicted octanol–water partition coefficient (Wildman–Crippen LogP) is 6.32. The zero-order valence-corrected chi connectivity index (χ0v) is 21.6. The lowest BCUT2D eigenvalue weighted by Crippen LogP contribution is -2.42. The molecule has 1 heterocycles. The number of rotatable bonds is 12. The first kappa shape index (κ1) is 26.7. The molecule has 3 rings (SSSR count). The summed E-state index contributed by atoms with van der Waals surface area (Å²) in [5.41, 5.74) is -0.0613. The SMILES string of the molecule is COC(=O)CCCC=CC[C@H]1C(Cl)C[C@@H](O)[C@@H]1/C=C/CC(O)C1(Cc2ccc(Cl)s2)CCC1. The third-order valence-electron chi connectivity index (χ3n) is 7.35. The molecule has 1 aromatic rings. The number of esters is 1. The van der Waals surface area contributed by atoms with Gasteiger partial charge in [-0.25, -0.2) is 0 Å². The number of aliphatic hydroxyl groups is 2. The van der Waals surface area contributed by atoms with E-state index in [1.807, 2.05) is 12.1 Å². The molecule has 2 saturated carbocycles. The Morgan fingerprint density at radius 1 is 1.33 bits per heavy atom. The van der Waals surface area contributed by atoms with Gasteiger partial charge in [-0.05, 0) is 69.4 Å². The van der Waals surface area contributed by atoms with Crippen molar-refractivity contribution in [2.24, 2.45) is 17.3 Å². The summed E-state index contributed by atoms with van der Waals surface area (Å²) >= 11 is 14.3. The molecule has 2 aliphatic carbocycles. The lowest BCUT2D eigenvalue weighted by molar-refractivity contribution is -0.140. The summed E-state index contributed by atoms with van der Waals surface area (Å²) in [6.45, 7) is 0. The Morgan fingerprint density at radius 2 is 2.12 bits per heavy atom. The van der Waals surface area contributed by atoms with E-state index in [9.17, 15) is 15.0 Å². The number of halogens is 2. The summed E-state index contributed by atoms with van der Waals surface area (Å²) in [6.07, 6.45) is 15.5. The molecule has 2 unspecified atom stereocenters. The fourth-order valence-electron chi connectivity index (χ4n) is 5.17. The van der Waals surface area contributed by atoms with Crippen LogP contribution in [0.3, 0.4) is 0 Å². The van der Waals surface area contributed by atoms with Crippen molar-refractivity contribution in [2.45, 2.75) is 81.8 Å². The molecular formula is C26H36Cl2O4S. The number of ether oxygens (including phenoxy) is 1. The minimum Gasteiger partial charge on any atom is -0.469 e. The normalized spacial score (nSPS) is 27.8. The van der Waals surface area contributed by atoms with Crippen molar-refractivity contribution in [2.75, 3.05) is 7.11 Å². The maximum absolute atomic E-state index is 11.2. The standard InChI is InChI=1S/C26H36Cl2O4S/c1-32-25(31)11-5-3-2-4-8-19-20(22(29)16-21(19)27)9-6-10-23(30)26(14-7-15-26)17-18-12-13-24(28)33-18/h2,4,6,9,12-13,19-23,29-30H,3,5,7-8,10-11,14-17H2,1H3/b4-2?,9-6+/t19-,20-,21?,22-,23?/m1/s1. The van der Waals surface area contributed by atoms with E-state index in [1.54, 1.807) is 11.3 Å². The lowest BCUT2D eigenvalue weighted by Gasteiger charge is -2.45. The molecule has 0 saturated heterocycles. The quantitative estimate of drug-likeness (QED) is 0.148. The van der Waals surface area contributed by atoms with Crippen LogP contribution in [0, 0.1) is 17.3 Å². The summed E-state index contributed by atoms with van der Waals surface area (Å²) < 4.78 is 5.45. The van der Waals surface area contributed by atoms with Crippen LogP contribution < -0.4 is 0 Å². The Balaban J connectivity index is 1.50. The molecule has 0 aromatic carbocycles. The van der Waals surface area contributed by atoms with Crippen molar-refractivity contribution in [1.82, 2.24) is 0 Å². The van der Waals surface area contributed by atoms with Gasteiger partial charge in [0.05, 0.1) is 23.7 Å². The number of hydrogen-bond acceptors (Lipinski definition) is 5. The van der Waals surface area contributed by atoms with Crippen LogP contribution in [0.1, 0.15) is 62.7 Å². The molecule has 33 heavy (non-hydrogen) atoms. The van der Waals surface area contributed by atoms with E-state index in [2.05, 4.69) is 29.0 Å². The first-order valence-electron chi connectivity index (χ1n) is 12.0. The van der Waals surface area contributed by atoms with E-state index in [0.29, 0.717) is 19.3 Å². The largest absolute Gasteiger partial charge is 0.469 e. The van der Waals surface area contributed by atoms with Gasteiger partial charge < -0.3 is 14.9 Å². The molecule has 5 atom stereocenters. The molecule has 0 aliphatic heterocycles. The maximum Gasteiger partial charge on any atom is 0.305 e. The second kappa shape index (κ2) is 12.7. The third-order valence-corrected chi connectivity index (χ3v) is 9.09. The molecule has 7 heteroatoms. The van der Waals surface area contributed by atoms with Crippen LogP contribution in [0.5, 0.6) is 0 Å². The van der Waals surface area contributed by atoms with Crippen molar-refractivity contribution in [3.63, 3.8) is 0 Å². The van der Waals surface area contributed by atoms with Crippen molar-refractivity contribution < 1.29 is 19.7 Å². The molecule has 2 fully saturated rings. The summed E-state index contributed by atoms with van der Waals surface area (Å²) in [6, 6.07) is 4.00. The van der Waals surface area contributed by atoms with Gasteiger partial charge in [0.1, 0.15) is 0 Å². The number of unbranched alkanes of at least 4 members (excludes halogenated alkanes) is 1. The van der Waals surface area contributed by atoms with Gasteiger partial charge in [-0.3, -0.25) is 4.79 Å². The lowest BCUT2D eigenvalue weighted by atomic mass is 9.62. The van der Waals surface area contributed by atoms with Crippen LogP contribution in [0.15, 0.2) is 36.4 Å². The number of alkyl halides is 1. The molecule has 0 spiro atoms. The smallest absolute Gasteiger partial charge is 0.305 e. The number of aliphatic hydroxyl groups excluding tert-OH is 2. The first-order valence-corrected chi connectivity index (χ1v) is 13.6. The van der Waals surface area contributed by atoms with Crippen LogP contribution in [0.2, 0.25) is 4.34 Å². The zero-order chi connectivity index (χ0) is 23.8. The van der Waals surface area contributed by atoms with Crippen LogP contribution in [-0.2, 0) is 16.0 Å². The highest BCUT2D eigenvalue weighted by atomic mass is 35.5. The second-order valence-corrected chi connectivity index (χ2v) is 11.9. The van der Waals surface area contributed by atoms with Crippen molar-refractivity contribution >= 4 is 40.5 Å². The first-order chi connectivity index (χ1) is 15.8. The topological polar surface area (TPSA) is 66.8 Å².